The van der Waals surface area contributed by atoms with Gasteiger partial charge in [0.05, 0.1) is 0 Å². The van der Waals surface area contributed by atoms with Gasteiger partial charge >= 0.3 is 0 Å². The Bertz CT molecular complexity index is 491. The largest absolute Gasteiger partial charge is 0.382 e. The molecule has 5 nitrogen and oxygen atoms in total. The number of thiophene rings is 1. The van der Waals surface area contributed by atoms with Crippen molar-refractivity contribution in [3.63, 3.8) is 0 Å². The molecular weight excluding hydrogens is 236 g/mol. The second-order valence-electron chi connectivity index (χ2n) is 3.86. The van der Waals surface area contributed by atoms with Gasteiger partial charge in [0.1, 0.15) is 11.5 Å². The summed E-state index contributed by atoms with van der Waals surface area (Å²) in [5.74, 6) is 0.138. The Morgan fingerprint density at radius 3 is 3.12 bits per heavy atom. The summed E-state index contributed by atoms with van der Waals surface area (Å²) in [5, 5.41) is 11.2. The van der Waals surface area contributed by atoms with Gasteiger partial charge in [-0.05, 0) is 18.4 Å². The van der Waals surface area contributed by atoms with E-state index in [9.17, 15) is 4.79 Å². The van der Waals surface area contributed by atoms with E-state index in [1.165, 1.54) is 10.9 Å². The number of nitrogens with zero attached hydrogens (tertiary/aromatic N) is 1. The lowest BCUT2D eigenvalue weighted by Crippen LogP contribution is -2.34. The van der Waals surface area contributed by atoms with Crippen LogP contribution in [0.15, 0.2) is 23.6 Å². The average molecular weight is 250 g/mol. The first-order valence-corrected chi connectivity index (χ1v) is 6.17. The Balaban J connectivity index is 1.90. The number of nitrogen functional groups attached to an aromatic ring is 1. The lowest BCUT2D eigenvalue weighted by molar-refractivity contribution is 0.0935. The van der Waals surface area contributed by atoms with E-state index in [1.807, 2.05) is 18.4 Å². The molecule has 2 aromatic heterocycles. The first-order chi connectivity index (χ1) is 8.15. The summed E-state index contributed by atoms with van der Waals surface area (Å²) in [6, 6.07) is 5.66. The Morgan fingerprint density at radius 1 is 1.71 bits per heavy atom. The standard InChI is InChI=1S/C11H14N4OS/c1-7(5-8-3-2-4-17-8)13-11(16)9-6-10(12)15-14-9/h2-4,6-7H,5H2,1H3,(H,13,16)(H3,12,14,15). The van der Waals surface area contributed by atoms with E-state index in [2.05, 4.69) is 21.6 Å². The summed E-state index contributed by atoms with van der Waals surface area (Å²) in [6.07, 6.45) is 0.826. The molecule has 1 amide bonds. The Hall–Kier alpha value is -1.82. The van der Waals surface area contributed by atoms with E-state index in [4.69, 9.17) is 5.73 Å². The quantitative estimate of drug-likeness (QED) is 0.767. The molecule has 0 spiro atoms. The zero-order valence-electron chi connectivity index (χ0n) is 9.43. The van der Waals surface area contributed by atoms with Crippen molar-refractivity contribution in [1.82, 2.24) is 15.5 Å². The molecule has 0 radical (unpaired) electrons. The number of H-pyrrole nitrogens is 1. The van der Waals surface area contributed by atoms with Crippen LogP contribution in [0.1, 0.15) is 22.3 Å². The van der Waals surface area contributed by atoms with E-state index < -0.39 is 0 Å². The molecule has 0 bridgehead atoms. The summed E-state index contributed by atoms with van der Waals surface area (Å²) >= 11 is 1.69. The van der Waals surface area contributed by atoms with E-state index in [0.29, 0.717) is 11.5 Å². The molecule has 0 fully saturated rings. The number of hydrogen-bond acceptors (Lipinski definition) is 4. The molecule has 4 N–H and O–H groups in total. The van der Waals surface area contributed by atoms with Crippen LogP contribution in [0.5, 0.6) is 0 Å². The highest BCUT2D eigenvalue weighted by atomic mass is 32.1. The van der Waals surface area contributed by atoms with Crippen LogP contribution in [0.4, 0.5) is 5.82 Å². The summed E-state index contributed by atoms with van der Waals surface area (Å²) in [5.41, 5.74) is 5.83. The van der Waals surface area contributed by atoms with Gasteiger partial charge in [-0.1, -0.05) is 6.07 Å². The number of aromatic amines is 1. The molecule has 17 heavy (non-hydrogen) atoms. The van der Waals surface area contributed by atoms with Crippen molar-refractivity contribution in [2.45, 2.75) is 19.4 Å². The van der Waals surface area contributed by atoms with Crippen LogP contribution in [0, 0.1) is 0 Å². The molecular formula is C11H14N4OS. The molecule has 2 rings (SSSR count). The van der Waals surface area contributed by atoms with Gasteiger partial charge in [0, 0.05) is 23.4 Å². The fourth-order valence-electron chi connectivity index (χ4n) is 1.54. The Labute approximate surface area is 103 Å². The molecule has 90 valence electrons. The second-order valence-corrected chi connectivity index (χ2v) is 4.90. The second kappa shape index (κ2) is 5.01. The fourth-order valence-corrected chi connectivity index (χ4v) is 2.37. The third-order valence-electron chi connectivity index (χ3n) is 2.31. The number of anilines is 1. The highest BCUT2D eigenvalue weighted by Gasteiger charge is 2.12. The maximum absolute atomic E-state index is 11.8. The van der Waals surface area contributed by atoms with E-state index in [1.54, 1.807) is 11.3 Å². The number of aromatic nitrogens is 2. The van der Waals surface area contributed by atoms with Crippen molar-refractivity contribution in [3.8, 4) is 0 Å². The number of carbonyl (C=O) groups excluding carboxylic acids is 1. The van der Waals surface area contributed by atoms with Crippen molar-refractivity contribution in [1.29, 1.82) is 0 Å². The first kappa shape index (κ1) is 11.7. The van der Waals surface area contributed by atoms with Gasteiger partial charge in [0.2, 0.25) is 0 Å². The third-order valence-corrected chi connectivity index (χ3v) is 3.21. The van der Waals surface area contributed by atoms with Crippen molar-refractivity contribution in [3.05, 3.63) is 34.2 Å². The summed E-state index contributed by atoms with van der Waals surface area (Å²) in [7, 11) is 0. The summed E-state index contributed by atoms with van der Waals surface area (Å²) in [4.78, 5) is 13.0. The molecule has 0 aliphatic heterocycles. The third kappa shape index (κ3) is 3.07. The number of nitrogens with one attached hydrogen (secondary N) is 2. The van der Waals surface area contributed by atoms with E-state index in [0.717, 1.165) is 6.42 Å². The Kier molecular flexibility index (Phi) is 3.43. The molecule has 0 saturated carbocycles. The number of nitrogens with two attached hydrogens (primary N) is 1. The first-order valence-electron chi connectivity index (χ1n) is 5.29. The zero-order chi connectivity index (χ0) is 12.3. The lowest BCUT2D eigenvalue weighted by atomic mass is 10.2. The maximum atomic E-state index is 11.8. The van der Waals surface area contributed by atoms with Gasteiger partial charge in [-0.25, -0.2) is 0 Å². The van der Waals surface area contributed by atoms with Gasteiger partial charge in [-0.15, -0.1) is 11.3 Å². The SMILES string of the molecule is CC(Cc1cccs1)NC(=O)c1cc(N)n[nH]1. The number of rotatable bonds is 4. The molecule has 0 saturated heterocycles. The van der Waals surface area contributed by atoms with Gasteiger partial charge in [0.15, 0.2) is 0 Å². The van der Waals surface area contributed by atoms with Gasteiger partial charge < -0.3 is 11.1 Å². The summed E-state index contributed by atoms with van der Waals surface area (Å²) < 4.78 is 0. The minimum absolute atomic E-state index is 0.0747. The minimum Gasteiger partial charge on any atom is -0.382 e. The van der Waals surface area contributed by atoms with Crippen LogP contribution in [-0.4, -0.2) is 22.1 Å². The highest BCUT2D eigenvalue weighted by Crippen LogP contribution is 2.11. The van der Waals surface area contributed by atoms with E-state index in [-0.39, 0.29) is 11.9 Å². The molecule has 2 heterocycles. The molecule has 1 atom stereocenters. The molecule has 0 aliphatic rings. The summed E-state index contributed by atoms with van der Waals surface area (Å²) in [6.45, 7) is 1.97. The van der Waals surface area contributed by atoms with Crippen LogP contribution in [-0.2, 0) is 6.42 Å². The molecule has 1 unspecified atom stereocenters. The van der Waals surface area contributed by atoms with Crippen LogP contribution >= 0.6 is 11.3 Å². The molecule has 0 aliphatic carbocycles. The number of hydrogen-bond donors (Lipinski definition) is 3. The van der Waals surface area contributed by atoms with Crippen molar-refractivity contribution in [2.75, 3.05) is 5.73 Å². The smallest absolute Gasteiger partial charge is 0.269 e. The monoisotopic (exact) mass is 250 g/mol. The maximum Gasteiger partial charge on any atom is 0.269 e. The molecule has 0 aromatic carbocycles. The van der Waals surface area contributed by atoms with Gasteiger partial charge in [-0.2, -0.15) is 5.10 Å². The minimum atomic E-state index is -0.182. The van der Waals surface area contributed by atoms with E-state index >= 15 is 0 Å². The van der Waals surface area contributed by atoms with Crippen molar-refractivity contribution < 1.29 is 4.79 Å². The predicted octanol–water partition coefficient (Wildman–Crippen LogP) is 1.41. The normalized spacial score (nSPS) is 12.3. The van der Waals surface area contributed by atoms with Crippen LogP contribution in [0.2, 0.25) is 0 Å². The number of carbonyl (C=O) groups is 1. The van der Waals surface area contributed by atoms with Crippen molar-refractivity contribution in [2.24, 2.45) is 0 Å². The Morgan fingerprint density at radius 2 is 2.53 bits per heavy atom. The predicted molar refractivity (Wildman–Crippen MR) is 68.0 cm³/mol. The fraction of sp³-hybridized carbons (Fsp3) is 0.273. The lowest BCUT2D eigenvalue weighted by Gasteiger charge is -2.11. The number of amides is 1. The van der Waals surface area contributed by atoms with Crippen LogP contribution in [0.3, 0.4) is 0 Å². The molecule has 6 heteroatoms. The molecule has 2 aromatic rings. The highest BCUT2D eigenvalue weighted by molar-refractivity contribution is 7.09. The van der Waals surface area contributed by atoms with Gasteiger partial charge in [0.25, 0.3) is 5.91 Å². The zero-order valence-corrected chi connectivity index (χ0v) is 10.3. The van der Waals surface area contributed by atoms with Gasteiger partial charge in [-0.3, -0.25) is 9.89 Å². The average Bonchev–Trinajstić information content (AvgIpc) is 2.89. The van der Waals surface area contributed by atoms with Crippen LogP contribution < -0.4 is 11.1 Å². The van der Waals surface area contributed by atoms with Crippen molar-refractivity contribution >= 4 is 23.1 Å². The van der Waals surface area contributed by atoms with Crippen LogP contribution in [0.25, 0.3) is 0 Å². The topological polar surface area (TPSA) is 83.8 Å².